The zero-order chi connectivity index (χ0) is 18.2. The summed E-state index contributed by atoms with van der Waals surface area (Å²) in [6.45, 7) is 5.82. The highest BCUT2D eigenvalue weighted by Crippen LogP contribution is 2.21. The van der Waals surface area contributed by atoms with Crippen LogP contribution in [0, 0.1) is 6.92 Å². The van der Waals surface area contributed by atoms with E-state index in [0.717, 1.165) is 42.7 Å². The van der Waals surface area contributed by atoms with E-state index in [2.05, 4.69) is 32.4 Å². The molecule has 0 unspecified atom stereocenters. The van der Waals surface area contributed by atoms with Crippen LogP contribution in [0.2, 0.25) is 0 Å². The van der Waals surface area contributed by atoms with Crippen molar-refractivity contribution in [2.45, 2.75) is 26.7 Å². The van der Waals surface area contributed by atoms with Crippen LogP contribution in [0.5, 0.6) is 0 Å². The summed E-state index contributed by atoms with van der Waals surface area (Å²) in [4.78, 5) is 23.2. The van der Waals surface area contributed by atoms with Gasteiger partial charge in [-0.3, -0.25) is 4.79 Å². The van der Waals surface area contributed by atoms with Gasteiger partial charge in [-0.2, -0.15) is 0 Å². The lowest BCUT2D eigenvalue weighted by Gasteiger charge is -2.13. The molecule has 0 saturated carbocycles. The van der Waals surface area contributed by atoms with Gasteiger partial charge in [0.15, 0.2) is 0 Å². The molecule has 0 spiro atoms. The molecule has 1 aromatic heterocycles. The number of nitrogens with zero attached hydrogens (tertiary/aromatic N) is 3. The highest BCUT2D eigenvalue weighted by Gasteiger charge is 2.12. The van der Waals surface area contributed by atoms with Crippen molar-refractivity contribution in [1.82, 2.24) is 14.9 Å². The number of carbonyl (C=O) groups is 1. The van der Waals surface area contributed by atoms with Gasteiger partial charge in [0.2, 0.25) is 5.95 Å². The third kappa shape index (κ3) is 5.53. The normalized spacial score (nSPS) is 10.8. The van der Waals surface area contributed by atoms with E-state index in [9.17, 15) is 4.79 Å². The number of hydrogen-bond donors (Lipinski definition) is 2. The van der Waals surface area contributed by atoms with E-state index in [-0.39, 0.29) is 5.91 Å². The molecule has 0 bridgehead atoms. The number of hydrogen-bond acceptors (Lipinski definition) is 5. The molecule has 1 aromatic carbocycles. The zero-order valence-electron chi connectivity index (χ0n) is 15.5. The van der Waals surface area contributed by atoms with Crippen molar-refractivity contribution in [3.63, 3.8) is 0 Å². The number of amides is 1. The van der Waals surface area contributed by atoms with Crippen LogP contribution in [0.3, 0.4) is 0 Å². The molecule has 0 atom stereocenters. The summed E-state index contributed by atoms with van der Waals surface area (Å²) in [6.07, 6.45) is 3.45. The van der Waals surface area contributed by atoms with Crippen LogP contribution in [0.25, 0.3) is 0 Å². The van der Waals surface area contributed by atoms with E-state index in [1.54, 1.807) is 12.3 Å². The van der Waals surface area contributed by atoms with Gasteiger partial charge in [-0.15, -0.1) is 0 Å². The van der Waals surface area contributed by atoms with Gasteiger partial charge in [0.1, 0.15) is 5.69 Å². The smallest absolute Gasteiger partial charge is 0.274 e. The van der Waals surface area contributed by atoms with Crippen LogP contribution < -0.4 is 10.6 Å². The van der Waals surface area contributed by atoms with Crippen molar-refractivity contribution in [3.8, 4) is 0 Å². The van der Waals surface area contributed by atoms with E-state index in [4.69, 9.17) is 0 Å². The highest BCUT2D eigenvalue weighted by atomic mass is 16.1. The van der Waals surface area contributed by atoms with Crippen molar-refractivity contribution in [1.29, 1.82) is 0 Å². The largest absolute Gasteiger partial charge is 0.354 e. The van der Waals surface area contributed by atoms with Crippen molar-refractivity contribution >= 4 is 17.5 Å². The summed E-state index contributed by atoms with van der Waals surface area (Å²) >= 11 is 0. The van der Waals surface area contributed by atoms with Crippen LogP contribution in [-0.2, 0) is 6.42 Å². The summed E-state index contributed by atoms with van der Waals surface area (Å²) in [7, 11) is 4.08. The van der Waals surface area contributed by atoms with Gasteiger partial charge in [0.25, 0.3) is 5.91 Å². The molecule has 6 nitrogen and oxygen atoms in total. The van der Waals surface area contributed by atoms with Gasteiger partial charge >= 0.3 is 0 Å². The van der Waals surface area contributed by atoms with Crippen LogP contribution in [0.1, 0.15) is 35.0 Å². The molecule has 0 aliphatic heterocycles. The lowest BCUT2D eigenvalue weighted by atomic mass is 10.1. The number of rotatable bonds is 8. The quantitative estimate of drug-likeness (QED) is 0.723. The summed E-state index contributed by atoms with van der Waals surface area (Å²) in [5.74, 6) is 0.259. The van der Waals surface area contributed by atoms with Gasteiger partial charge < -0.3 is 15.5 Å². The van der Waals surface area contributed by atoms with Crippen molar-refractivity contribution < 1.29 is 4.79 Å². The average Bonchev–Trinajstić information content (AvgIpc) is 2.60. The molecule has 6 heteroatoms. The number of aryl methyl sites for hydroxylation is 2. The van der Waals surface area contributed by atoms with E-state index in [0.29, 0.717) is 11.6 Å². The van der Waals surface area contributed by atoms with Gasteiger partial charge in [0.05, 0.1) is 0 Å². The summed E-state index contributed by atoms with van der Waals surface area (Å²) in [5.41, 5.74) is 3.39. The lowest BCUT2D eigenvalue weighted by molar-refractivity contribution is 0.102. The monoisotopic (exact) mass is 341 g/mol. The van der Waals surface area contributed by atoms with Crippen LogP contribution in [0.15, 0.2) is 30.5 Å². The summed E-state index contributed by atoms with van der Waals surface area (Å²) in [6, 6.07) is 7.65. The Morgan fingerprint density at radius 1 is 1.24 bits per heavy atom. The molecule has 2 N–H and O–H groups in total. The van der Waals surface area contributed by atoms with Gasteiger partial charge in [-0.25, -0.2) is 9.97 Å². The number of anilines is 2. The molecule has 0 aliphatic carbocycles. The molecule has 134 valence electrons. The second-order valence-electron chi connectivity index (χ2n) is 6.27. The molecule has 0 aliphatic rings. The maximum Gasteiger partial charge on any atom is 0.274 e. The van der Waals surface area contributed by atoms with Crippen LogP contribution in [0.4, 0.5) is 11.6 Å². The Balaban J connectivity index is 2.04. The lowest BCUT2D eigenvalue weighted by Crippen LogP contribution is -2.19. The minimum atomic E-state index is -0.220. The Hall–Kier alpha value is -2.47. The molecule has 0 saturated heterocycles. The second kappa shape index (κ2) is 9.13. The molecular formula is C19H27N5O. The van der Waals surface area contributed by atoms with Gasteiger partial charge in [-0.1, -0.05) is 25.1 Å². The Kier molecular flexibility index (Phi) is 6.89. The predicted molar refractivity (Wildman–Crippen MR) is 102 cm³/mol. The maximum atomic E-state index is 12.6. The topological polar surface area (TPSA) is 70.2 Å². The first kappa shape index (κ1) is 18.9. The SMILES string of the molecule is CCc1cccc(C)c1NC(=O)c1ccnc(NCCCN(C)C)n1. The first-order chi connectivity index (χ1) is 12.0. The van der Waals surface area contributed by atoms with Crippen LogP contribution in [-0.4, -0.2) is 48.0 Å². The fourth-order valence-electron chi connectivity index (χ4n) is 2.55. The van der Waals surface area contributed by atoms with Gasteiger partial charge in [0, 0.05) is 18.4 Å². The predicted octanol–water partition coefficient (Wildman–Crippen LogP) is 2.96. The molecule has 25 heavy (non-hydrogen) atoms. The first-order valence-corrected chi connectivity index (χ1v) is 8.62. The van der Waals surface area contributed by atoms with Crippen molar-refractivity contribution in [3.05, 3.63) is 47.3 Å². The molecule has 2 rings (SSSR count). The third-order valence-electron chi connectivity index (χ3n) is 3.93. The van der Waals surface area contributed by atoms with E-state index < -0.39 is 0 Å². The van der Waals surface area contributed by atoms with E-state index in [1.807, 2.05) is 39.2 Å². The number of nitrogens with one attached hydrogen (secondary N) is 2. The number of benzene rings is 1. The molecule has 1 heterocycles. The zero-order valence-corrected chi connectivity index (χ0v) is 15.5. The summed E-state index contributed by atoms with van der Waals surface area (Å²) < 4.78 is 0. The van der Waals surface area contributed by atoms with Crippen molar-refractivity contribution in [2.75, 3.05) is 37.8 Å². The van der Waals surface area contributed by atoms with Crippen molar-refractivity contribution in [2.24, 2.45) is 0 Å². The average molecular weight is 341 g/mol. The number of para-hydroxylation sites is 1. The highest BCUT2D eigenvalue weighted by molar-refractivity contribution is 6.03. The minimum absolute atomic E-state index is 0.220. The molecule has 1 amide bonds. The standard InChI is InChI=1S/C19H27N5O/c1-5-15-9-6-8-14(2)17(15)23-18(25)16-10-12-21-19(22-16)20-11-7-13-24(3)4/h6,8-10,12H,5,7,11,13H2,1-4H3,(H,23,25)(H,20,21,22). The Bertz CT molecular complexity index is 715. The maximum absolute atomic E-state index is 12.6. The molecular weight excluding hydrogens is 314 g/mol. The molecule has 0 fully saturated rings. The Morgan fingerprint density at radius 2 is 2.04 bits per heavy atom. The van der Waals surface area contributed by atoms with E-state index in [1.165, 1.54) is 0 Å². The number of carbonyl (C=O) groups excluding carboxylic acids is 1. The fourth-order valence-corrected chi connectivity index (χ4v) is 2.55. The van der Waals surface area contributed by atoms with Crippen LogP contribution >= 0.6 is 0 Å². The Labute approximate surface area is 149 Å². The summed E-state index contributed by atoms with van der Waals surface area (Å²) in [5, 5.41) is 6.16. The Morgan fingerprint density at radius 3 is 2.76 bits per heavy atom. The first-order valence-electron chi connectivity index (χ1n) is 8.62. The van der Waals surface area contributed by atoms with E-state index >= 15 is 0 Å². The molecule has 2 aromatic rings. The third-order valence-corrected chi connectivity index (χ3v) is 3.93. The number of aromatic nitrogens is 2. The molecule has 0 radical (unpaired) electrons. The fraction of sp³-hybridized carbons (Fsp3) is 0.421. The minimum Gasteiger partial charge on any atom is -0.354 e. The van der Waals surface area contributed by atoms with Gasteiger partial charge in [-0.05, 0) is 57.6 Å². The second-order valence-corrected chi connectivity index (χ2v) is 6.27.